The molecule has 0 unspecified atom stereocenters. The van der Waals surface area contributed by atoms with Crippen LogP contribution in [-0.4, -0.2) is 16.2 Å². The van der Waals surface area contributed by atoms with Gasteiger partial charge in [-0.3, -0.25) is 0 Å². The topological polar surface area (TPSA) is 63.3 Å². The van der Waals surface area contributed by atoms with Gasteiger partial charge in [0.2, 0.25) is 0 Å². The molecule has 1 N–H and O–H groups in total. The summed E-state index contributed by atoms with van der Waals surface area (Å²) in [5.74, 6) is -0.907. The van der Waals surface area contributed by atoms with Crippen LogP contribution in [0.15, 0.2) is 28.9 Å². The van der Waals surface area contributed by atoms with E-state index in [0.29, 0.717) is 10.6 Å². The first-order chi connectivity index (χ1) is 7.59. The summed E-state index contributed by atoms with van der Waals surface area (Å²) in [6, 6.07) is 5.29. The predicted molar refractivity (Wildman–Crippen MR) is 58.6 cm³/mol. The molecule has 0 atom stereocenters. The maximum atomic E-state index is 10.9. The van der Waals surface area contributed by atoms with Crippen molar-refractivity contribution < 1.29 is 14.4 Å². The number of aromatic nitrogens is 1. The molecule has 0 radical (unpaired) electrons. The van der Waals surface area contributed by atoms with Crippen LogP contribution in [0.1, 0.15) is 15.9 Å². The number of carbonyl (C=O) groups is 1. The monoisotopic (exact) mass is 237 g/mol. The molecule has 0 aliphatic heterocycles. The molecular weight excluding hydrogens is 230 g/mol. The lowest BCUT2D eigenvalue weighted by molar-refractivity contribution is 0.0697. The number of halogens is 1. The fraction of sp³-hybridized carbons (Fsp3) is 0.0909. The Morgan fingerprint density at radius 1 is 1.50 bits per heavy atom. The van der Waals surface area contributed by atoms with Gasteiger partial charge >= 0.3 is 5.97 Å². The van der Waals surface area contributed by atoms with Gasteiger partial charge in [0.05, 0.1) is 11.2 Å². The minimum absolute atomic E-state index is 0.00694. The van der Waals surface area contributed by atoms with E-state index in [-0.39, 0.29) is 11.3 Å². The van der Waals surface area contributed by atoms with E-state index >= 15 is 0 Å². The van der Waals surface area contributed by atoms with Gasteiger partial charge in [0, 0.05) is 5.56 Å². The lowest BCUT2D eigenvalue weighted by Gasteiger charge is -2.02. The van der Waals surface area contributed by atoms with Crippen LogP contribution >= 0.6 is 11.6 Å². The van der Waals surface area contributed by atoms with E-state index in [9.17, 15) is 4.79 Å². The molecule has 0 fully saturated rings. The van der Waals surface area contributed by atoms with Gasteiger partial charge in [0.1, 0.15) is 5.56 Å². The minimum Gasteiger partial charge on any atom is -0.477 e. The van der Waals surface area contributed by atoms with E-state index in [1.165, 1.54) is 0 Å². The smallest absolute Gasteiger partial charge is 0.341 e. The third-order valence-electron chi connectivity index (χ3n) is 2.17. The summed E-state index contributed by atoms with van der Waals surface area (Å²) in [6.07, 6.45) is 1.16. The molecule has 1 aromatic carbocycles. The van der Waals surface area contributed by atoms with Gasteiger partial charge in [-0.15, -0.1) is 0 Å². The molecule has 0 spiro atoms. The fourth-order valence-electron chi connectivity index (χ4n) is 1.40. The number of benzene rings is 1. The van der Waals surface area contributed by atoms with Gasteiger partial charge in [-0.1, -0.05) is 28.4 Å². The number of carboxylic acids is 1. The van der Waals surface area contributed by atoms with E-state index in [1.54, 1.807) is 12.1 Å². The zero-order chi connectivity index (χ0) is 11.7. The largest absolute Gasteiger partial charge is 0.477 e. The second-order valence-electron chi connectivity index (χ2n) is 3.36. The van der Waals surface area contributed by atoms with Crippen molar-refractivity contribution in [2.24, 2.45) is 0 Å². The minimum atomic E-state index is -1.09. The third kappa shape index (κ3) is 1.79. The quantitative estimate of drug-likeness (QED) is 0.872. The summed E-state index contributed by atoms with van der Waals surface area (Å²) in [4.78, 5) is 10.9. The molecule has 0 aliphatic carbocycles. The summed E-state index contributed by atoms with van der Waals surface area (Å²) in [7, 11) is 0. The van der Waals surface area contributed by atoms with Crippen molar-refractivity contribution in [3.8, 4) is 11.3 Å². The van der Waals surface area contributed by atoms with Crippen LogP contribution in [-0.2, 0) is 0 Å². The molecule has 0 amide bonds. The highest BCUT2D eigenvalue weighted by atomic mass is 35.5. The zero-order valence-electron chi connectivity index (χ0n) is 8.40. The van der Waals surface area contributed by atoms with E-state index in [1.807, 2.05) is 13.0 Å². The number of hydrogen-bond acceptors (Lipinski definition) is 3. The zero-order valence-corrected chi connectivity index (χ0v) is 9.15. The van der Waals surface area contributed by atoms with Gasteiger partial charge in [0.25, 0.3) is 0 Å². The first kappa shape index (κ1) is 10.7. The second-order valence-corrected chi connectivity index (χ2v) is 3.76. The van der Waals surface area contributed by atoms with E-state index in [2.05, 4.69) is 5.16 Å². The number of aryl methyl sites for hydroxylation is 1. The summed E-state index contributed by atoms with van der Waals surface area (Å²) in [6.45, 7) is 1.89. The first-order valence-corrected chi connectivity index (χ1v) is 4.92. The molecule has 82 valence electrons. The Balaban J connectivity index is 2.62. The SMILES string of the molecule is Cc1ccc(Cl)c(-c2oncc2C(=O)O)c1. The summed E-state index contributed by atoms with van der Waals surface area (Å²) < 4.78 is 4.93. The summed E-state index contributed by atoms with van der Waals surface area (Å²) >= 11 is 5.98. The Bertz CT molecular complexity index is 548. The van der Waals surface area contributed by atoms with Crippen molar-refractivity contribution in [2.45, 2.75) is 6.92 Å². The Labute approximate surface area is 96.4 Å². The van der Waals surface area contributed by atoms with Crippen molar-refractivity contribution in [1.82, 2.24) is 5.16 Å². The molecule has 0 bridgehead atoms. The Morgan fingerprint density at radius 2 is 2.25 bits per heavy atom. The second kappa shape index (κ2) is 3.98. The van der Waals surface area contributed by atoms with Crippen LogP contribution in [0, 0.1) is 6.92 Å². The maximum Gasteiger partial charge on any atom is 0.341 e. The number of nitrogens with zero attached hydrogens (tertiary/aromatic N) is 1. The molecule has 16 heavy (non-hydrogen) atoms. The van der Waals surface area contributed by atoms with Crippen molar-refractivity contribution >= 4 is 17.6 Å². The molecule has 1 aromatic heterocycles. The van der Waals surface area contributed by atoms with Crippen LogP contribution in [0.25, 0.3) is 11.3 Å². The Morgan fingerprint density at radius 3 is 2.94 bits per heavy atom. The fourth-order valence-corrected chi connectivity index (χ4v) is 1.60. The lowest BCUT2D eigenvalue weighted by atomic mass is 10.1. The third-order valence-corrected chi connectivity index (χ3v) is 2.50. The molecule has 1 heterocycles. The van der Waals surface area contributed by atoms with Crippen molar-refractivity contribution in [1.29, 1.82) is 0 Å². The van der Waals surface area contributed by atoms with Gasteiger partial charge in [0.15, 0.2) is 5.76 Å². The Kier molecular flexibility index (Phi) is 2.66. The number of hydrogen-bond donors (Lipinski definition) is 1. The molecule has 0 saturated carbocycles. The summed E-state index contributed by atoms with van der Waals surface area (Å²) in [5, 5.41) is 12.8. The van der Waals surface area contributed by atoms with Crippen LogP contribution in [0.2, 0.25) is 5.02 Å². The molecule has 2 aromatic rings. The predicted octanol–water partition coefficient (Wildman–Crippen LogP) is 3.00. The van der Waals surface area contributed by atoms with Crippen LogP contribution in [0.3, 0.4) is 0 Å². The van der Waals surface area contributed by atoms with Crippen molar-refractivity contribution in [3.05, 3.63) is 40.5 Å². The number of rotatable bonds is 2. The molecule has 4 nitrogen and oxygen atoms in total. The lowest BCUT2D eigenvalue weighted by Crippen LogP contribution is -1.96. The molecule has 0 aliphatic rings. The average molecular weight is 238 g/mol. The highest BCUT2D eigenvalue weighted by molar-refractivity contribution is 6.33. The van der Waals surface area contributed by atoms with Crippen LogP contribution in [0.4, 0.5) is 0 Å². The normalized spacial score (nSPS) is 10.4. The number of aromatic carboxylic acids is 1. The van der Waals surface area contributed by atoms with Gasteiger partial charge in [-0.2, -0.15) is 0 Å². The van der Waals surface area contributed by atoms with Crippen LogP contribution < -0.4 is 0 Å². The molecule has 2 rings (SSSR count). The summed E-state index contributed by atoms with van der Waals surface area (Å²) in [5.41, 5.74) is 1.51. The van der Waals surface area contributed by atoms with Gasteiger partial charge in [-0.25, -0.2) is 4.79 Å². The molecule has 5 heteroatoms. The highest BCUT2D eigenvalue weighted by Gasteiger charge is 2.18. The van der Waals surface area contributed by atoms with Gasteiger partial charge < -0.3 is 9.63 Å². The maximum absolute atomic E-state index is 10.9. The first-order valence-electron chi connectivity index (χ1n) is 4.54. The van der Waals surface area contributed by atoms with Gasteiger partial charge in [-0.05, 0) is 19.1 Å². The van der Waals surface area contributed by atoms with Crippen molar-refractivity contribution in [3.63, 3.8) is 0 Å². The van der Waals surface area contributed by atoms with Crippen molar-refractivity contribution in [2.75, 3.05) is 0 Å². The Hall–Kier alpha value is -1.81. The van der Waals surface area contributed by atoms with E-state index < -0.39 is 5.97 Å². The standard InChI is InChI=1S/C11H8ClNO3/c1-6-2-3-9(12)7(4-6)10-8(11(14)15)5-13-16-10/h2-5H,1H3,(H,14,15). The highest BCUT2D eigenvalue weighted by Crippen LogP contribution is 2.31. The molecular formula is C11H8ClNO3. The number of carboxylic acid groups (broad SMARTS) is 1. The van der Waals surface area contributed by atoms with E-state index in [0.717, 1.165) is 11.8 Å². The van der Waals surface area contributed by atoms with Crippen LogP contribution in [0.5, 0.6) is 0 Å². The average Bonchev–Trinajstić information content (AvgIpc) is 2.70. The van der Waals surface area contributed by atoms with E-state index in [4.69, 9.17) is 21.2 Å². The molecule has 0 saturated heterocycles.